The minimum absolute atomic E-state index is 0.124. The van der Waals surface area contributed by atoms with E-state index < -0.39 is 18.3 Å². The summed E-state index contributed by atoms with van der Waals surface area (Å²) in [6, 6.07) is 71.7. The second-order valence-electron chi connectivity index (χ2n) is 25.1. The molecular weight excluding hydrogens is 1420 g/mol. The Balaban J connectivity index is 0.000000127. The van der Waals surface area contributed by atoms with E-state index >= 15 is 0 Å². The van der Waals surface area contributed by atoms with Crippen molar-refractivity contribution < 1.29 is 15.3 Å². The molecule has 0 bridgehead atoms. The smallest absolute Gasteiger partial charge is 0.251 e. The molecule has 0 aliphatic carbocycles. The minimum Gasteiger partial charge on any atom is -0.382 e. The van der Waals surface area contributed by atoms with Crippen LogP contribution in [0.1, 0.15) is 79.9 Å². The normalized spacial score (nSPS) is 12.2. The van der Waals surface area contributed by atoms with Crippen molar-refractivity contribution in [3.63, 3.8) is 0 Å². The van der Waals surface area contributed by atoms with Crippen molar-refractivity contribution in [3.05, 3.63) is 348 Å². The number of nitriles is 2. The summed E-state index contributed by atoms with van der Waals surface area (Å²) in [4.78, 5) is 25.4. The molecule has 9 aromatic carbocycles. The van der Waals surface area contributed by atoms with Gasteiger partial charge in [0.2, 0.25) is 0 Å². The van der Waals surface area contributed by atoms with Crippen molar-refractivity contribution in [2.75, 3.05) is 0 Å². The summed E-state index contributed by atoms with van der Waals surface area (Å²) >= 11 is 24.8. The molecule has 8 heterocycles. The first-order chi connectivity index (χ1) is 51.6. The van der Waals surface area contributed by atoms with Crippen LogP contribution in [0.2, 0.25) is 20.1 Å². The van der Waals surface area contributed by atoms with E-state index in [1.807, 2.05) is 196 Å². The third-order valence-corrected chi connectivity index (χ3v) is 19.4. The molecule has 0 aliphatic heterocycles. The summed E-state index contributed by atoms with van der Waals surface area (Å²) < 4.78 is 10.7. The number of halogens is 4. The Kier molecular flexibility index (Phi) is 19.6. The topological polar surface area (TPSA) is 270 Å². The fourth-order valence-corrected chi connectivity index (χ4v) is 13.7. The van der Waals surface area contributed by atoms with Gasteiger partial charge in [-0.15, -0.1) is 10.2 Å². The Morgan fingerprint density at radius 1 is 0.406 bits per heavy atom. The fourth-order valence-electron chi connectivity index (χ4n) is 13.0. The van der Waals surface area contributed by atoms with Gasteiger partial charge in [0, 0.05) is 69.0 Å². The molecular formula is C81H57Cl4N17O4. The SMILES string of the molecule is Cn1c(=O)cc(-c2cccc(Cl)c2)c2cc(C(O)c3cncn3Cc3ccc(C#N)cc3)ccc21.N#Cc1ccc(Cn2cncc2C(O)c2ccc3c(c2)c(-c2cccc(Cl)c2)cc2nnnn23)cc1.OC(c1ccc2c(c1)c(-c1cccc(Cl)c1)cc1nnnn12)c1cncn1Cc1ccc(Cl)cc1. The van der Waals surface area contributed by atoms with Crippen LogP contribution in [0.5, 0.6) is 0 Å². The van der Waals surface area contributed by atoms with Gasteiger partial charge in [0.15, 0.2) is 11.3 Å². The van der Waals surface area contributed by atoms with Crippen LogP contribution in [0.15, 0.2) is 261 Å². The first kappa shape index (κ1) is 69.2. The van der Waals surface area contributed by atoms with Crippen LogP contribution < -0.4 is 5.56 Å². The highest BCUT2D eigenvalue weighted by Gasteiger charge is 2.23. The van der Waals surface area contributed by atoms with Gasteiger partial charge in [0.25, 0.3) is 5.56 Å². The summed E-state index contributed by atoms with van der Waals surface area (Å²) in [5.74, 6) is 0. The van der Waals surface area contributed by atoms with Gasteiger partial charge in [0.1, 0.15) is 18.3 Å². The van der Waals surface area contributed by atoms with Crippen LogP contribution in [0.3, 0.4) is 0 Å². The lowest BCUT2D eigenvalue weighted by Gasteiger charge is -2.17. The highest BCUT2D eigenvalue weighted by molar-refractivity contribution is 6.32. The molecule has 21 nitrogen and oxygen atoms in total. The second kappa shape index (κ2) is 30.0. The van der Waals surface area contributed by atoms with Gasteiger partial charge in [-0.3, -0.25) is 4.79 Å². The minimum atomic E-state index is -0.926. The van der Waals surface area contributed by atoms with E-state index in [0.717, 1.165) is 88.3 Å². The quantitative estimate of drug-likeness (QED) is 0.0861. The predicted molar refractivity (Wildman–Crippen MR) is 407 cm³/mol. The number of aliphatic hydroxyl groups excluding tert-OH is 3. The number of hydrogen-bond acceptors (Lipinski definition) is 15. The molecule has 0 radical (unpaired) electrons. The first-order valence-corrected chi connectivity index (χ1v) is 34.6. The number of benzene rings is 9. The van der Waals surface area contributed by atoms with Gasteiger partial charge in [-0.2, -0.15) is 19.6 Å². The molecule has 0 spiro atoms. The maximum atomic E-state index is 12.6. The first-order valence-electron chi connectivity index (χ1n) is 33.1. The lowest BCUT2D eigenvalue weighted by Crippen LogP contribution is -2.16. The molecule has 17 aromatic rings. The van der Waals surface area contributed by atoms with E-state index in [9.17, 15) is 20.1 Å². The van der Waals surface area contributed by atoms with Crippen LogP contribution in [0.25, 0.3) is 77.4 Å². The van der Waals surface area contributed by atoms with Crippen LogP contribution in [0, 0.1) is 22.7 Å². The summed E-state index contributed by atoms with van der Waals surface area (Å²) in [6.45, 7) is 1.59. The molecule has 106 heavy (non-hydrogen) atoms. The van der Waals surface area contributed by atoms with Gasteiger partial charge < -0.3 is 33.6 Å². The van der Waals surface area contributed by atoms with Crippen molar-refractivity contribution in [2.45, 2.75) is 37.9 Å². The number of rotatable bonds is 15. The van der Waals surface area contributed by atoms with Crippen molar-refractivity contribution >= 4 is 90.4 Å². The number of fused-ring (bicyclic) bond motifs is 7. The highest BCUT2D eigenvalue weighted by Crippen LogP contribution is 2.38. The zero-order chi connectivity index (χ0) is 73.1. The molecule has 25 heteroatoms. The third kappa shape index (κ3) is 14.3. The molecule has 17 rings (SSSR count). The fraction of sp³-hybridized carbons (Fsp3) is 0.0864. The molecule has 0 fully saturated rings. The van der Waals surface area contributed by atoms with E-state index in [1.165, 1.54) is 0 Å². The maximum absolute atomic E-state index is 12.6. The Bertz CT molecular complexity index is 6300. The van der Waals surface area contributed by atoms with Crippen molar-refractivity contribution in [3.8, 4) is 45.5 Å². The number of aliphatic hydroxyl groups is 3. The number of imidazole rings is 3. The Hall–Kier alpha value is -12.5. The summed E-state index contributed by atoms with van der Waals surface area (Å²) in [5, 5.41) is 81.5. The summed E-state index contributed by atoms with van der Waals surface area (Å²) in [5.41, 5.74) is 17.2. The predicted octanol–water partition coefficient (Wildman–Crippen LogP) is 15.4. The number of aryl methyl sites for hydroxylation is 1. The standard InChI is InChI=1S/C28H21ClN4O2.C27H18ClN7O.C26H18Cl2N6O/c1-32-25-10-9-21(12-24(25)23(13-27(32)34)20-3-2-4-22(29)11-20)28(35)26-15-31-17-33(26)16-19-7-5-18(14-30)6-8-19;28-21-3-1-2-19(10-21)22-12-26-31-32-33-35(26)24-9-8-20(11-23(22)24)27(36)25-14-30-16-34(25)15-18-6-4-17(13-29)5-7-18;27-19-7-4-16(5-8-19)14-33-15-29-13-24(33)26(35)18-6-9-23-22(11-18)21(12-25-30-31-32-34(23)25)17-2-1-3-20(28)10-17/h2-13,15,17,28,35H,16H2,1H3;1-12,14,16,27,36H,15H2;1-13,15,26,35H,14H2. The zero-order valence-corrected chi connectivity index (χ0v) is 59.0. The Labute approximate surface area is 624 Å². The van der Waals surface area contributed by atoms with E-state index in [2.05, 4.69) is 58.1 Å². The monoisotopic (exact) mass is 1470 g/mol. The van der Waals surface area contributed by atoms with Crippen LogP contribution >= 0.6 is 46.4 Å². The summed E-state index contributed by atoms with van der Waals surface area (Å²) in [6.07, 6.45) is 7.38. The molecule has 0 aliphatic rings. The number of aromatic nitrogens is 15. The van der Waals surface area contributed by atoms with Crippen molar-refractivity contribution in [2.24, 2.45) is 7.05 Å². The lowest BCUT2D eigenvalue weighted by atomic mass is 9.97. The Morgan fingerprint density at radius 2 is 0.755 bits per heavy atom. The molecule has 3 N–H and O–H groups in total. The molecule has 0 amide bonds. The van der Waals surface area contributed by atoms with Gasteiger partial charge in [0.05, 0.1) is 94.5 Å². The maximum Gasteiger partial charge on any atom is 0.251 e. The molecule has 0 saturated heterocycles. The van der Waals surface area contributed by atoms with E-state index in [0.29, 0.717) is 90.4 Å². The van der Waals surface area contributed by atoms with E-state index in [1.54, 1.807) is 94.6 Å². The molecule has 3 unspecified atom stereocenters. The van der Waals surface area contributed by atoms with Crippen LogP contribution in [0.4, 0.5) is 0 Å². The number of pyridine rings is 3. The summed E-state index contributed by atoms with van der Waals surface area (Å²) in [7, 11) is 1.73. The third-order valence-electron chi connectivity index (χ3n) is 18.4. The van der Waals surface area contributed by atoms with E-state index in [4.69, 9.17) is 56.9 Å². The van der Waals surface area contributed by atoms with Gasteiger partial charge in [-0.25, -0.2) is 15.0 Å². The number of nitrogens with zero attached hydrogens (tertiary/aromatic N) is 17. The van der Waals surface area contributed by atoms with E-state index in [-0.39, 0.29) is 5.56 Å². The molecule has 518 valence electrons. The van der Waals surface area contributed by atoms with Crippen molar-refractivity contribution in [1.29, 1.82) is 10.5 Å². The zero-order valence-electron chi connectivity index (χ0n) is 56.0. The molecule has 8 aromatic heterocycles. The number of hydrogen-bond donors (Lipinski definition) is 3. The average Bonchev–Trinajstić information content (AvgIpc) is 1.04. The lowest BCUT2D eigenvalue weighted by molar-refractivity contribution is 0.210. The average molecular weight is 1470 g/mol. The van der Waals surface area contributed by atoms with Crippen molar-refractivity contribution in [1.82, 2.24) is 73.3 Å². The van der Waals surface area contributed by atoms with Crippen LogP contribution in [-0.2, 0) is 26.7 Å². The second-order valence-corrected chi connectivity index (χ2v) is 26.9. The van der Waals surface area contributed by atoms with Gasteiger partial charge in [-0.05, 0) is 209 Å². The Morgan fingerprint density at radius 3 is 1.12 bits per heavy atom. The number of tetrazole rings is 2. The van der Waals surface area contributed by atoms with Gasteiger partial charge in [-0.1, -0.05) is 137 Å². The highest BCUT2D eigenvalue weighted by atomic mass is 35.5. The molecule has 0 saturated carbocycles. The molecule has 3 atom stereocenters. The van der Waals surface area contributed by atoms with Gasteiger partial charge >= 0.3 is 0 Å². The largest absolute Gasteiger partial charge is 0.382 e. The van der Waals surface area contributed by atoms with Crippen LogP contribution in [-0.4, -0.2) is 88.6 Å².